The number of hydrogen-bond donors (Lipinski definition) is 3. The van der Waals surface area contributed by atoms with Gasteiger partial charge >= 0.3 is 5.97 Å². The minimum atomic E-state index is -0.926. The van der Waals surface area contributed by atoms with Crippen LogP contribution in [0.25, 0.3) is 0 Å². The van der Waals surface area contributed by atoms with Gasteiger partial charge in [0.1, 0.15) is 29.5 Å². The van der Waals surface area contributed by atoms with E-state index in [0.717, 1.165) is 37.8 Å². The molecule has 0 bridgehead atoms. The number of piperidine rings is 1. The molecule has 3 rings (SSSR count). The Kier molecular flexibility index (Phi) is 16.6. The molecule has 3 amide bonds. The molecule has 12 heteroatoms. The van der Waals surface area contributed by atoms with Crippen molar-refractivity contribution < 1.29 is 29.0 Å². The maximum absolute atomic E-state index is 14.2. The predicted molar refractivity (Wildman–Crippen MR) is 200 cm³/mol. The zero-order valence-corrected chi connectivity index (χ0v) is 32.1. The highest BCUT2D eigenvalue weighted by molar-refractivity contribution is 7.09. The van der Waals surface area contributed by atoms with Gasteiger partial charge in [-0.25, -0.2) is 4.98 Å². The molecule has 0 aliphatic carbocycles. The number of terminal acetylenes is 1. The van der Waals surface area contributed by atoms with Crippen molar-refractivity contribution in [2.24, 2.45) is 17.8 Å². The third-order valence-corrected chi connectivity index (χ3v) is 11.0. The Bertz CT molecular complexity index is 1480. The minimum Gasteiger partial charge on any atom is -0.481 e. The summed E-state index contributed by atoms with van der Waals surface area (Å²) >= 11 is 1.27. The topological polar surface area (TPSA) is 141 Å². The van der Waals surface area contributed by atoms with Gasteiger partial charge in [0.15, 0.2) is 0 Å². The van der Waals surface area contributed by atoms with Gasteiger partial charge in [0.25, 0.3) is 5.91 Å². The van der Waals surface area contributed by atoms with Crippen LogP contribution in [0.2, 0.25) is 0 Å². The Morgan fingerprint density at radius 3 is 2.43 bits per heavy atom. The molecule has 2 aromatic rings. The molecule has 7 atom stereocenters. The number of carbonyl (C=O) groups is 4. The van der Waals surface area contributed by atoms with Gasteiger partial charge in [-0.05, 0) is 56.7 Å². The van der Waals surface area contributed by atoms with E-state index in [4.69, 9.17) is 11.2 Å². The van der Waals surface area contributed by atoms with Crippen molar-refractivity contribution in [3.05, 3.63) is 52.0 Å². The smallest absolute Gasteiger partial charge is 0.306 e. The summed E-state index contributed by atoms with van der Waals surface area (Å²) < 4.78 is 6.11. The van der Waals surface area contributed by atoms with Crippen molar-refractivity contribution >= 4 is 35.0 Å². The number of rotatable bonds is 19. The van der Waals surface area contributed by atoms with Crippen LogP contribution < -0.4 is 10.6 Å². The molecule has 0 spiro atoms. The van der Waals surface area contributed by atoms with Crippen molar-refractivity contribution in [1.29, 1.82) is 0 Å². The molecular weight excluding hydrogens is 667 g/mol. The Labute approximate surface area is 307 Å². The molecule has 1 aromatic heterocycles. The first-order valence-corrected chi connectivity index (χ1v) is 19.0. The van der Waals surface area contributed by atoms with Crippen LogP contribution in [0.1, 0.15) is 100 Å². The lowest BCUT2D eigenvalue weighted by molar-refractivity contribution is -0.141. The number of likely N-dealkylation sites (N-methyl/N-ethyl adjacent to an activating group) is 2. The number of aromatic nitrogens is 1. The summed E-state index contributed by atoms with van der Waals surface area (Å²) in [6.45, 7) is 10.6. The van der Waals surface area contributed by atoms with E-state index in [2.05, 4.69) is 26.4 Å². The number of carbonyl (C=O) groups excluding carboxylic acids is 3. The molecule has 11 nitrogen and oxygen atoms in total. The molecule has 0 unspecified atom stereocenters. The van der Waals surface area contributed by atoms with Gasteiger partial charge in [0, 0.05) is 30.9 Å². The molecule has 280 valence electrons. The number of thiazole rings is 1. The van der Waals surface area contributed by atoms with Crippen molar-refractivity contribution in [3.8, 4) is 12.3 Å². The van der Waals surface area contributed by atoms with Gasteiger partial charge in [-0.2, -0.15) is 0 Å². The molecule has 3 N–H and O–H groups in total. The Hall–Kier alpha value is -3.79. The quantitative estimate of drug-likeness (QED) is 0.169. The van der Waals surface area contributed by atoms with E-state index < -0.39 is 36.0 Å². The fourth-order valence-corrected chi connectivity index (χ4v) is 7.49. The average Bonchev–Trinajstić information content (AvgIpc) is 3.60. The Morgan fingerprint density at radius 1 is 1.12 bits per heavy atom. The summed E-state index contributed by atoms with van der Waals surface area (Å²) in [6.07, 6.45) is 9.61. The van der Waals surface area contributed by atoms with E-state index in [0.29, 0.717) is 17.8 Å². The second-order valence-electron chi connectivity index (χ2n) is 14.3. The normalized spacial score (nSPS) is 18.5. The van der Waals surface area contributed by atoms with E-state index in [1.807, 2.05) is 65.1 Å². The van der Waals surface area contributed by atoms with Gasteiger partial charge in [0.2, 0.25) is 11.8 Å². The number of carboxylic acid groups (broad SMARTS) is 1. The largest absolute Gasteiger partial charge is 0.481 e. The van der Waals surface area contributed by atoms with Gasteiger partial charge < -0.3 is 25.4 Å². The van der Waals surface area contributed by atoms with E-state index in [1.165, 1.54) is 11.3 Å². The van der Waals surface area contributed by atoms with Crippen LogP contribution in [0.3, 0.4) is 0 Å². The standard InChI is InChI=1S/C39H57N5O6S/c1-9-20-50-33(37-41-30(24-51-37)35(45)40-29(21-27(6)39(48)49)22-28-16-12-11-13-17-28)23-32(25(3)4)44(8)38(47)34(26(5)10-2)42-36(46)31-18-14-15-19-43(31)7/h1,11-13,16-17,24-27,29,31-34H,10,14-15,18-23H2,2-8H3,(H,40,45)(H,42,46)(H,48,49)/t26-,27-,29+,31+,32+,33+,34-/m0/s1. The number of hydrogen-bond acceptors (Lipinski definition) is 8. The first-order valence-electron chi connectivity index (χ1n) is 18.1. The second-order valence-corrected chi connectivity index (χ2v) is 15.2. The first kappa shape index (κ1) is 41.6. The molecular formula is C39H57N5O6S. The molecule has 0 saturated carbocycles. The highest BCUT2D eigenvalue weighted by Gasteiger charge is 2.37. The molecule has 1 aliphatic rings. The Balaban J connectivity index is 1.80. The number of carboxylic acids is 1. The number of nitrogens with one attached hydrogen (secondary N) is 2. The summed E-state index contributed by atoms with van der Waals surface area (Å²) in [5.41, 5.74) is 1.18. The van der Waals surface area contributed by atoms with Gasteiger partial charge in [0.05, 0.1) is 12.0 Å². The number of nitrogens with zero attached hydrogens (tertiary/aromatic N) is 3. The molecule has 2 heterocycles. The third kappa shape index (κ3) is 12.2. The fourth-order valence-electron chi connectivity index (χ4n) is 6.63. The van der Waals surface area contributed by atoms with Crippen LogP contribution in [0, 0.1) is 30.1 Å². The van der Waals surface area contributed by atoms with Crippen molar-refractivity contribution in [1.82, 2.24) is 25.4 Å². The van der Waals surface area contributed by atoms with E-state index in [1.54, 1.807) is 24.3 Å². The number of likely N-dealkylation sites (tertiary alicyclic amines) is 1. The van der Waals surface area contributed by atoms with Gasteiger partial charge in [-0.3, -0.25) is 24.1 Å². The highest BCUT2D eigenvalue weighted by Crippen LogP contribution is 2.31. The first-order chi connectivity index (χ1) is 24.3. The van der Waals surface area contributed by atoms with Crippen LogP contribution in [0.15, 0.2) is 35.7 Å². The fraction of sp³-hybridized carbons (Fsp3) is 0.615. The van der Waals surface area contributed by atoms with E-state index >= 15 is 0 Å². The molecule has 1 fully saturated rings. The van der Waals surface area contributed by atoms with Crippen molar-refractivity contribution in [3.63, 3.8) is 0 Å². The minimum absolute atomic E-state index is 0.0148. The van der Waals surface area contributed by atoms with E-state index in [-0.39, 0.29) is 54.5 Å². The molecule has 1 saturated heterocycles. The van der Waals surface area contributed by atoms with Gasteiger partial charge in [-0.15, -0.1) is 17.8 Å². The highest BCUT2D eigenvalue weighted by atomic mass is 32.1. The van der Waals surface area contributed by atoms with Crippen molar-refractivity contribution in [2.45, 2.75) is 110 Å². The van der Waals surface area contributed by atoms with Gasteiger partial charge in [-0.1, -0.05) is 83.7 Å². The summed E-state index contributed by atoms with van der Waals surface area (Å²) in [6, 6.07) is 7.95. The van der Waals surface area contributed by atoms with Crippen LogP contribution in [0.5, 0.6) is 0 Å². The molecule has 0 radical (unpaired) electrons. The SMILES string of the molecule is C#CCO[C@H](C[C@H](C(C)C)N(C)C(=O)[C@@H](NC(=O)[C@H]1CCCCN1C)[C@@H](C)CC)c1nc(C(=O)N[C@@H](Cc2ccccc2)C[C@H](C)C(=O)O)cs1. The maximum atomic E-state index is 14.2. The summed E-state index contributed by atoms with van der Waals surface area (Å²) in [5.74, 6) is 0.200. The van der Waals surface area contributed by atoms with Crippen LogP contribution >= 0.6 is 11.3 Å². The maximum Gasteiger partial charge on any atom is 0.306 e. The number of ether oxygens (including phenoxy) is 1. The summed E-state index contributed by atoms with van der Waals surface area (Å²) in [7, 11) is 3.72. The average molecular weight is 724 g/mol. The lowest BCUT2D eigenvalue weighted by Crippen LogP contribution is -2.58. The second kappa shape index (κ2) is 20.3. The van der Waals surface area contributed by atoms with Crippen LogP contribution in [-0.4, -0.2) is 95.0 Å². The molecule has 1 aliphatic heterocycles. The lowest BCUT2D eigenvalue weighted by Gasteiger charge is -2.38. The number of amides is 3. The summed E-state index contributed by atoms with van der Waals surface area (Å²) in [5, 5.41) is 17.9. The molecule has 51 heavy (non-hydrogen) atoms. The lowest BCUT2D eigenvalue weighted by atomic mass is 9.92. The number of aliphatic carboxylic acids is 1. The van der Waals surface area contributed by atoms with Crippen LogP contribution in [0.4, 0.5) is 0 Å². The molecule has 1 aromatic carbocycles. The zero-order chi connectivity index (χ0) is 37.7. The monoisotopic (exact) mass is 723 g/mol. The van der Waals surface area contributed by atoms with Crippen molar-refractivity contribution in [2.75, 3.05) is 27.2 Å². The summed E-state index contributed by atoms with van der Waals surface area (Å²) in [4.78, 5) is 61.2. The number of benzene rings is 1. The predicted octanol–water partition coefficient (Wildman–Crippen LogP) is 5.17. The Morgan fingerprint density at radius 2 is 1.82 bits per heavy atom. The third-order valence-electron chi connectivity index (χ3n) is 10.0. The van der Waals surface area contributed by atoms with Crippen LogP contribution in [-0.2, 0) is 25.5 Å². The van der Waals surface area contributed by atoms with E-state index in [9.17, 15) is 24.3 Å². The zero-order valence-electron chi connectivity index (χ0n) is 31.3.